The first-order valence-electron chi connectivity index (χ1n) is 6.42. The first-order chi connectivity index (χ1) is 9.97. The van der Waals surface area contributed by atoms with Gasteiger partial charge >= 0.3 is 0 Å². The smallest absolute Gasteiger partial charge is 0.258 e. The molecule has 2 rings (SSSR count). The van der Waals surface area contributed by atoms with Crippen molar-refractivity contribution in [2.24, 2.45) is 0 Å². The van der Waals surface area contributed by atoms with Crippen LogP contribution in [0.2, 0.25) is 0 Å². The van der Waals surface area contributed by atoms with Gasteiger partial charge in [-0.3, -0.25) is 9.59 Å². The highest BCUT2D eigenvalue weighted by molar-refractivity contribution is 6.06. The zero-order chi connectivity index (χ0) is 15.4. The maximum absolute atomic E-state index is 12.4. The highest BCUT2D eigenvalue weighted by Crippen LogP contribution is 2.20. The number of rotatable bonds is 3. The molecule has 2 aromatic rings. The number of nitrogens with zero attached hydrogens (tertiary/aromatic N) is 1. The van der Waals surface area contributed by atoms with E-state index in [1.165, 1.54) is 24.0 Å². The number of nitrogens with one attached hydrogen (secondary N) is 1. The molecule has 0 saturated heterocycles. The standard InChI is InChI=1S/C16H16N2O3/c1-11(19)17-13-5-3-4-12(10-13)16(21)18(2)14-6-8-15(20)9-7-14/h3-10,20H,1-2H3,(H,17,19). The molecule has 5 nitrogen and oxygen atoms in total. The third kappa shape index (κ3) is 3.60. The van der Waals surface area contributed by atoms with Gasteiger partial charge in [0.15, 0.2) is 0 Å². The van der Waals surface area contributed by atoms with Gasteiger partial charge in [0, 0.05) is 30.9 Å². The largest absolute Gasteiger partial charge is 0.508 e. The van der Waals surface area contributed by atoms with Gasteiger partial charge in [0.05, 0.1) is 0 Å². The van der Waals surface area contributed by atoms with Crippen molar-refractivity contribution >= 4 is 23.2 Å². The Morgan fingerprint density at radius 2 is 1.76 bits per heavy atom. The second-order valence-electron chi connectivity index (χ2n) is 4.64. The maximum atomic E-state index is 12.4. The summed E-state index contributed by atoms with van der Waals surface area (Å²) in [6.45, 7) is 1.41. The summed E-state index contributed by atoms with van der Waals surface area (Å²) in [4.78, 5) is 24.9. The van der Waals surface area contributed by atoms with Gasteiger partial charge in [-0.05, 0) is 42.5 Å². The minimum absolute atomic E-state index is 0.146. The summed E-state index contributed by atoms with van der Waals surface area (Å²) in [7, 11) is 1.65. The Hall–Kier alpha value is -2.82. The van der Waals surface area contributed by atoms with Crippen LogP contribution >= 0.6 is 0 Å². The fourth-order valence-corrected chi connectivity index (χ4v) is 1.92. The Morgan fingerprint density at radius 1 is 1.10 bits per heavy atom. The molecule has 0 aliphatic carbocycles. The summed E-state index contributed by atoms with van der Waals surface area (Å²) in [5.74, 6) is -0.244. The van der Waals surface area contributed by atoms with Gasteiger partial charge in [-0.1, -0.05) is 6.07 Å². The van der Waals surface area contributed by atoms with Crippen molar-refractivity contribution in [2.75, 3.05) is 17.3 Å². The zero-order valence-corrected chi connectivity index (χ0v) is 11.8. The molecule has 0 bridgehead atoms. The van der Waals surface area contributed by atoms with E-state index in [4.69, 9.17) is 0 Å². The molecule has 0 aliphatic heterocycles. The van der Waals surface area contributed by atoms with Crippen LogP contribution in [0.3, 0.4) is 0 Å². The first-order valence-corrected chi connectivity index (χ1v) is 6.42. The molecule has 0 radical (unpaired) electrons. The van der Waals surface area contributed by atoms with Gasteiger partial charge in [-0.2, -0.15) is 0 Å². The summed E-state index contributed by atoms with van der Waals surface area (Å²) in [6, 6.07) is 13.1. The van der Waals surface area contributed by atoms with Gasteiger partial charge in [0.25, 0.3) is 5.91 Å². The number of hydrogen-bond donors (Lipinski definition) is 2. The predicted octanol–water partition coefficient (Wildman–Crippen LogP) is 2.63. The highest BCUT2D eigenvalue weighted by Gasteiger charge is 2.14. The van der Waals surface area contributed by atoms with Crippen LogP contribution in [0.1, 0.15) is 17.3 Å². The number of benzene rings is 2. The normalized spacial score (nSPS) is 10.0. The third-order valence-electron chi connectivity index (χ3n) is 2.97. The lowest BCUT2D eigenvalue weighted by molar-refractivity contribution is -0.114. The average molecular weight is 284 g/mol. The summed E-state index contributed by atoms with van der Waals surface area (Å²) < 4.78 is 0. The molecule has 5 heteroatoms. The molecule has 0 fully saturated rings. The Kier molecular flexibility index (Phi) is 4.23. The van der Waals surface area contributed by atoms with Crippen molar-refractivity contribution < 1.29 is 14.7 Å². The predicted molar refractivity (Wildman–Crippen MR) is 81.6 cm³/mol. The molecular weight excluding hydrogens is 268 g/mol. The van der Waals surface area contributed by atoms with Gasteiger partial charge in [0.2, 0.25) is 5.91 Å². The molecule has 0 aromatic heterocycles. The minimum Gasteiger partial charge on any atom is -0.508 e. The van der Waals surface area contributed by atoms with Crippen LogP contribution in [0.15, 0.2) is 48.5 Å². The second kappa shape index (κ2) is 6.09. The Balaban J connectivity index is 2.22. The third-order valence-corrected chi connectivity index (χ3v) is 2.97. The van der Waals surface area contributed by atoms with Crippen LogP contribution in [0, 0.1) is 0 Å². The zero-order valence-electron chi connectivity index (χ0n) is 11.8. The summed E-state index contributed by atoms with van der Waals surface area (Å²) in [5.41, 5.74) is 1.71. The number of phenolic OH excluding ortho intramolecular Hbond substituents is 1. The molecule has 2 aromatic carbocycles. The molecule has 0 unspecified atom stereocenters. The quantitative estimate of drug-likeness (QED) is 0.910. The van der Waals surface area contributed by atoms with E-state index in [9.17, 15) is 14.7 Å². The van der Waals surface area contributed by atoms with Crippen molar-refractivity contribution in [3.8, 4) is 5.75 Å². The van der Waals surface area contributed by atoms with Crippen molar-refractivity contribution in [1.82, 2.24) is 0 Å². The summed E-state index contributed by atoms with van der Waals surface area (Å²) >= 11 is 0. The van der Waals surface area contributed by atoms with Crippen molar-refractivity contribution in [3.05, 3.63) is 54.1 Å². The minimum atomic E-state index is -0.201. The fourth-order valence-electron chi connectivity index (χ4n) is 1.92. The lowest BCUT2D eigenvalue weighted by Crippen LogP contribution is -2.26. The van der Waals surface area contributed by atoms with Crippen LogP contribution in [-0.2, 0) is 4.79 Å². The van der Waals surface area contributed by atoms with Crippen LogP contribution in [0.25, 0.3) is 0 Å². The van der Waals surface area contributed by atoms with Crippen LogP contribution in [0.5, 0.6) is 5.75 Å². The topological polar surface area (TPSA) is 69.6 Å². The molecule has 21 heavy (non-hydrogen) atoms. The van der Waals surface area contributed by atoms with E-state index < -0.39 is 0 Å². The molecule has 2 amide bonds. The van der Waals surface area contributed by atoms with Gasteiger partial charge in [-0.15, -0.1) is 0 Å². The molecule has 108 valence electrons. The van der Waals surface area contributed by atoms with Crippen molar-refractivity contribution in [2.45, 2.75) is 6.92 Å². The van der Waals surface area contributed by atoms with Crippen LogP contribution in [0.4, 0.5) is 11.4 Å². The highest BCUT2D eigenvalue weighted by atomic mass is 16.3. The number of anilines is 2. The van der Waals surface area contributed by atoms with Gasteiger partial charge in [0.1, 0.15) is 5.75 Å². The van der Waals surface area contributed by atoms with Crippen LogP contribution < -0.4 is 10.2 Å². The number of carbonyl (C=O) groups excluding carboxylic acids is 2. The second-order valence-corrected chi connectivity index (χ2v) is 4.64. The van der Waals surface area contributed by atoms with Gasteiger partial charge < -0.3 is 15.3 Å². The number of hydrogen-bond acceptors (Lipinski definition) is 3. The summed E-state index contributed by atoms with van der Waals surface area (Å²) in [5, 5.41) is 11.9. The van der Waals surface area contributed by atoms with E-state index >= 15 is 0 Å². The molecule has 0 saturated carbocycles. The van der Waals surface area contributed by atoms with E-state index in [1.807, 2.05) is 0 Å². The molecular formula is C16H16N2O3. The lowest BCUT2D eigenvalue weighted by atomic mass is 10.1. The fraction of sp³-hybridized carbons (Fsp3) is 0.125. The van der Waals surface area contributed by atoms with E-state index in [1.54, 1.807) is 43.4 Å². The van der Waals surface area contributed by atoms with Crippen LogP contribution in [-0.4, -0.2) is 24.0 Å². The average Bonchev–Trinajstić information content (AvgIpc) is 2.46. The van der Waals surface area contributed by atoms with Crippen molar-refractivity contribution in [1.29, 1.82) is 0 Å². The van der Waals surface area contributed by atoms with E-state index in [0.29, 0.717) is 16.9 Å². The summed E-state index contributed by atoms with van der Waals surface area (Å²) in [6.07, 6.45) is 0. The number of aromatic hydroxyl groups is 1. The molecule has 0 atom stereocenters. The molecule has 0 aliphatic rings. The number of amides is 2. The molecule has 0 heterocycles. The Labute approximate surface area is 122 Å². The maximum Gasteiger partial charge on any atom is 0.258 e. The Morgan fingerprint density at radius 3 is 2.38 bits per heavy atom. The molecule has 0 spiro atoms. The first kappa shape index (κ1) is 14.6. The number of phenols is 1. The Bertz CT molecular complexity index is 665. The SMILES string of the molecule is CC(=O)Nc1cccc(C(=O)N(C)c2ccc(O)cc2)c1. The van der Waals surface area contributed by atoms with Gasteiger partial charge in [-0.25, -0.2) is 0 Å². The monoisotopic (exact) mass is 284 g/mol. The number of carbonyl (C=O) groups is 2. The van der Waals surface area contributed by atoms with E-state index in [-0.39, 0.29) is 17.6 Å². The lowest BCUT2D eigenvalue weighted by Gasteiger charge is -2.18. The van der Waals surface area contributed by atoms with E-state index in [2.05, 4.69) is 5.32 Å². The molecule has 2 N–H and O–H groups in total. The van der Waals surface area contributed by atoms with Crippen molar-refractivity contribution in [3.63, 3.8) is 0 Å². The van der Waals surface area contributed by atoms with E-state index in [0.717, 1.165) is 0 Å².